The Hall–Kier alpha value is -1.37. The minimum Gasteiger partial charge on any atom is -0.477 e. The third kappa shape index (κ3) is 3.15. The molecule has 0 aliphatic carbocycles. The Balaban J connectivity index is 2.23. The second-order valence-electron chi connectivity index (χ2n) is 3.55. The summed E-state index contributed by atoms with van der Waals surface area (Å²) >= 11 is 10.2. The first-order valence-corrected chi connectivity index (χ1v) is 7.11. The van der Waals surface area contributed by atoms with E-state index in [9.17, 15) is 9.59 Å². The zero-order valence-electron chi connectivity index (χ0n) is 9.31. The number of hydrogen-bond donors (Lipinski definition) is 2. The molecule has 0 radical (unpaired) electrons. The normalized spacial score (nSPS) is 10.2. The summed E-state index contributed by atoms with van der Waals surface area (Å²) in [6, 6.07) is 6.31. The molecule has 0 saturated heterocycles. The fourth-order valence-corrected chi connectivity index (χ4v) is 2.52. The minimum absolute atomic E-state index is 0.0940. The highest BCUT2D eigenvalue weighted by Gasteiger charge is 2.15. The summed E-state index contributed by atoms with van der Waals surface area (Å²) in [6.45, 7) is 0. The molecule has 0 atom stereocenters. The molecule has 0 fully saturated rings. The highest BCUT2D eigenvalue weighted by atomic mass is 79.9. The minimum atomic E-state index is -1.07. The Labute approximate surface area is 126 Å². The lowest BCUT2D eigenvalue weighted by atomic mass is 10.2. The van der Waals surface area contributed by atoms with Crippen LogP contribution in [0.1, 0.15) is 20.0 Å². The molecule has 4 nitrogen and oxygen atoms in total. The van der Waals surface area contributed by atoms with E-state index in [2.05, 4.69) is 21.2 Å². The number of amides is 1. The lowest BCUT2D eigenvalue weighted by Gasteiger charge is -2.05. The van der Waals surface area contributed by atoms with E-state index in [-0.39, 0.29) is 10.6 Å². The van der Waals surface area contributed by atoms with Crippen molar-refractivity contribution >= 4 is 56.4 Å². The average Bonchev–Trinajstić information content (AvgIpc) is 2.80. The number of thiophene rings is 1. The first-order valence-electron chi connectivity index (χ1n) is 5.06. The van der Waals surface area contributed by atoms with Crippen LogP contribution in [-0.2, 0) is 0 Å². The molecule has 0 bridgehead atoms. The Morgan fingerprint density at radius 2 is 2.05 bits per heavy atom. The van der Waals surface area contributed by atoms with E-state index in [1.54, 1.807) is 23.6 Å². The maximum absolute atomic E-state index is 12.0. The van der Waals surface area contributed by atoms with E-state index in [1.807, 2.05) is 0 Å². The van der Waals surface area contributed by atoms with Crippen LogP contribution in [0.3, 0.4) is 0 Å². The van der Waals surface area contributed by atoms with Crippen LogP contribution in [0, 0.1) is 0 Å². The average molecular weight is 361 g/mol. The number of aromatic carboxylic acids is 1. The maximum Gasteiger partial charge on any atom is 0.348 e. The van der Waals surface area contributed by atoms with Crippen LogP contribution in [0.2, 0.25) is 5.02 Å². The van der Waals surface area contributed by atoms with Crippen molar-refractivity contribution in [2.24, 2.45) is 0 Å². The van der Waals surface area contributed by atoms with Gasteiger partial charge < -0.3 is 10.4 Å². The molecule has 98 valence electrons. The molecule has 0 spiro atoms. The largest absolute Gasteiger partial charge is 0.477 e. The highest BCUT2D eigenvalue weighted by Crippen LogP contribution is 2.25. The first kappa shape index (κ1) is 14.0. The molecule has 7 heteroatoms. The van der Waals surface area contributed by atoms with Crippen molar-refractivity contribution in [2.45, 2.75) is 0 Å². The number of halogens is 2. The second kappa shape index (κ2) is 5.73. The fraction of sp³-hybridized carbons (Fsp3) is 0. The second-order valence-corrected chi connectivity index (χ2v) is 5.73. The van der Waals surface area contributed by atoms with Crippen LogP contribution in [0.25, 0.3) is 0 Å². The summed E-state index contributed by atoms with van der Waals surface area (Å²) in [5, 5.41) is 13.5. The van der Waals surface area contributed by atoms with E-state index < -0.39 is 11.9 Å². The van der Waals surface area contributed by atoms with Crippen LogP contribution in [0.15, 0.2) is 34.1 Å². The van der Waals surface area contributed by atoms with Crippen LogP contribution in [0.5, 0.6) is 0 Å². The maximum atomic E-state index is 12.0. The Bertz CT molecular complexity index is 656. The number of carboxylic acid groups (broad SMARTS) is 1. The first-order chi connectivity index (χ1) is 8.99. The number of rotatable bonds is 3. The molecule has 1 aromatic carbocycles. The summed E-state index contributed by atoms with van der Waals surface area (Å²) in [5.74, 6) is -1.48. The van der Waals surface area contributed by atoms with Crippen LogP contribution < -0.4 is 5.32 Å². The van der Waals surface area contributed by atoms with Crippen molar-refractivity contribution in [1.29, 1.82) is 0 Å². The van der Waals surface area contributed by atoms with Gasteiger partial charge in [0, 0.05) is 10.0 Å². The standard InChI is InChI=1S/C12H7BrClNO3S/c13-7-2-1-6(5-8(7)14)11(16)15-9-3-4-19-10(9)12(17)18/h1-5H,(H,15,16)(H,17,18). The van der Waals surface area contributed by atoms with Gasteiger partial charge in [0.25, 0.3) is 5.91 Å². The van der Waals surface area contributed by atoms with E-state index >= 15 is 0 Å². The van der Waals surface area contributed by atoms with Gasteiger partial charge in [0.05, 0.1) is 10.7 Å². The summed E-state index contributed by atoms with van der Waals surface area (Å²) < 4.78 is 0.687. The van der Waals surface area contributed by atoms with Gasteiger partial charge in [0.2, 0.25) is 0 Å². The van der Waals surface area contributed by atoms with Gasteiger partial charge in [0.1, 0.15) is 4.88 Å². The van der Waals surface area contributed by atoms with Gasteiger partial charge >= 0.3 is 5.97 Å². The van der Waals surface area contributed by atoms with Crippen molar-refractivity contribution in [3.8, 4) is 0 Å². The molecule has 19 heavy (non-hydrogen) atoms. The lowest BCUT2D eigenvalue weighted by molar-refractivity contribution is 0.0703. The molecule has 0 saturated carbocycles. The summed E-state index contributed by atoms with van der Waals surface area (Å²) in [4.78, 5) is 23.0. The molecule has 2 aromatic rings. The Morgan fingerprint density at radius 1 is 1.32 bits per heavy atom. The molecule has 2 N–H and O–H groups in total. The van der Waals surface area contributed by atoms with E-state index in [4.69, 9.17) is 16.7 Å². The van der Waals surface area contributed by atoms with E-state index in [0.29, 0.717) is 15.1 Å². The lowest BCUT2D eigenvalue weighted by Crippen LogP contribution is -2.13. The number of carbonyl (C=O) groups excluding carboxylic acids is 1. The van der Waals surface area contributed by atoms with Crippen molar-refractivity contribution in [1.82, 2.24) is 0 Å². The van der Waals surface area contributed by atoms with Crippen molar-refractivity contribution < 1.29 is 14.7 Å². The number of anilines is 1. The Kier molecular flexibility index (Phi) is 4.24. The third-order valence-corrected chi connectivity index (χ3v) is 4.42. The molecular formula is C12H7BrClNO3S. The quantitative estimate of drug-likeness (QED) is 0.865. The molecular weight excluding hydrogens is 354 g/mol. The Morgan fingerprint density at radius 3 is 2.68 bits per heavy atom. The smallest absolute Gasteiger partial charge is 0.348 e. The number of nitrogens with one attached hydrogen (secondary N) is 1. The molecule has 1 amide bonds. The van der Waals surface area contributed by atoms with Crippen LogP contribution in [0.4, 0.5) is 5.69 Å². The molecule has 0 aliphatic rings. The summed E-state index contributed by atoms with van der Waals surface area (Å²) in [7, 11) is 0. The van der Waals surface area contributed by atoms with E-state index in [0.717, 1.165) is 11.3 Å². The van der Waals surface area contributed by atoms with Crippen LogP contribution in [-0.4, -0.2) is 17.0 Å². The SMILES string of the molecule is O=C(Nc1ccsc1C(=O)O)c1ccc(Br)c(Cl)c1. The van der Waals surface area contributed by atoms with Crippen molar-refractivity contribution in [3.63, 3.8) is 0 Å². The zero-order chi connectivity index (χ0) is 14.0. The monoisotopic (exact) mass is 359 g/mol. The zero-order valence-corrected chi connectivity index (χ0v) is 12.5. The van der Waals surface area contributed by atoms with Gasteiger partial charge in [-0.1, -0.05) is 11.6 Å². The number of carbonyl (C=O) groups is 2. The predicted molar refractivity (Wildman–Crippen MR) is 78.4 cm³/mol. The molecule has 2 rings (SSSR count). The molecule has 1 heterocycles. The molecule has 0 unspecified atom stereocenters. The predicted octanol–water partition coefficient (Wildman–Crippen LogP) is 4.11. The number of benzene rings is 1. The molecule has 0 aliphatic heterocycles. The van der Waals surface area contributed by atoms with Gasteiger partial charge in [-0.2, -0.15) is 0 Å². The molecule has 1 aromatic heterocycles. The van der Waals surface area contributed by atoms with Crippen LogP contribution >= 0.6 is 38.9 Å². The van der Waals surface area contributed by atoms with Crippen molar-refractivity contribution in [2.75, 3.05) is 5.32 Å². The van der Waals surface area contributed by atoms with Gasteiger partial charge in [-0.15, -0.1) is 11.3 Å². The number of hydrogen-bond acceptors (Lipinski definition) is 3. The van der Waals surface area contributed by atoms with Gasteiger partial charge in [0.15, 0.2) is 0 Å². The fourth-order valence-electron chi connectivity index (χ4n) is 1.41. The van der Waals surface area contributed by atoms with Gasteiger partial charge in [-0.05, 0) is 45.6 Å². The highest BCUT2D eigenvalue weighted by molar-refractivity contribution is 9.10. The summed E-state index contributed by atoms with van der Waals surface area (Å²) in [6.07, 6.45) is 0. The third-order valence-electron chi connectivity index (χ3n) is 2.29. The topological polar surface area (TPSA) is 66.4 Å². The summed E-state index contributed by atoms with van der Waals surface area (Å²) in [5.41, 5.74) is 0.636. The van der Waals surface area contributed by atoms with Gasteiger partial charge in [-0.3, -0.25) is 4.79 Å². The van der Waals surface area contributed by atoms with Gasteiger partial charge in [-0.25, -0.2) is 4.79 Å². The van der Waals surface area contributed by atoms with E-state index in [1.165, 1.54) is 6.07 Å². The van der Waals surface area contributed by atoms with Crippen molar-refractivity contribution in [3.05, 3.63) is 49.6 Å². The number of carboxylic acids is 1.